The van der Waals surface area contributed by atoms with Crippen LogP contribution in [0.1, 0.15) is 10.4 Å². The van der Waals surface area contributed by atoms with Gasteiger partial charge in [0.25, 0.3) is 0 Å². The zero-order valence-corrected chi connectivity index (χ0v) is 10.6. The number of nitrogens with one attached hydrogen (secondary N) is 3. The second-order valence-corrected chi connectivity index (χ2v) is 4.15. The molecule has 8 heteroatoms. The van der Waals surface area contributed by atoms with Crippen molar-refractivity contribution in [2.75, 3.05) is 5.32 Å². The number of carbonyl (C=O) groups is 1. The molecule has 0 aliphatic carbocycles. The quantitative estimate of drug-likeness (QED) is 0.646. The lowest BCUT2D eigenvalue weighted by Crippen LogP contribution is -2.00. The number of aromatic carboxylic acids is 1. The van der Waals surface area contributed by atoms with Gasteiger partial charge in [-0.15, -0.1) is 0 Å². The predicted molar refractivity (Wildman–Crippen MR) is 71.3 cm³/mol. The third-order valence-corrected chi connectivity index (χ3v) is 2.46. The number of H-pyrrole nitrogens is 2. The van der Waals surface area contributed by atoms with Gasteiger partial charge in [-0.2, -0.15) is 4.98 Å². The number of carboxylic acid groups (broad SMARTS) is 1. The van der Waals surface area contributed by atoms with Gasteiger partial charge in [0, 0.05) is 5.69 Å². The highest BCUT2D eigenvalue weighted by molar-refractivity contribution is 7.71. The molecule has 92 valence electrons. The summed E-state index contributed by atoms with van der Waals surface area (Å²) in [6.07, 6.45) is 0. The number of carboxylic acids is 1. The van der Waals surface area contributed by atoms with Crippen LogP contribution in [0.5, 0.6) is 0 Å². The molecule has 0 saturated carbocycles. The van der Waals surface area contributed by atoms with Gasteiger partial charge in [0.1, 0.15) is 0 Å². The van der Waals surface area contributed by atoms with Gasteiger partial charge >= 0.3 is 5.97 Å². The van der Waals surface area contributed by atoms with Gasteiger partial charge in [-0.05, 0) is 48.7 Å². The van der Waals surface area contributed by atoms with Crippen LogP contribution in [0.2, 0.25) is 0 Å². The number of hydrogen-bond donors (Lipinski definition) is 4. The number of benzene rings is 1. The predicted octanol–water partition coefficient (Wildman–Crippen LogP) is 2.64. The van der Waals surface area contributed by atoms with Crippen molar-refractivity contribution in [2.24, 2.45) is 0 Å². The van der Waals surface area contributed by atoms with Crippen LogP contribution in [-0.2, 0) is 0 Å². The Kier molecular flexibility index (Phi) is 3.49. The Morgan fingerprint density at radius 2 is 1.89 bits per heavy atom. The topological polar surface area (TPSA) is 93.8 Å². The molecule has 4 N–H and O–H groups in total. The van der Waals surface area contributed by atoms with Crippen molar-refractivity contribution >= 4 is 42.0 Å². The first-order valence-corrected chi connectivity index (χ1v) is 5.67. The Labute approximate surface area is 112 Å². The minimum atomic E-state index is -0.971. The second-order valence-electron chi connectivity index (χ2n) is 3.35. The highest BCUT2D eigenvalue weighted by Gasteiger charge is 2.02. The zero-order chi connectivity index (χ0) is 13.1. The fraction of sp³-hybridized carbons (Fsp3) is 0. The second kappa shape index (κ2) is 5.07. The van der Waals surface area contributed by atoms with Crippen molar-refractivity contribution in [3.63, 3.8) is 0 Å². The Hall–Kier alpha value is -2.06. The molecule has 0 aliphatic rings. The van der Waals surface area contributed by atoms with Gasteiger partial charge in [-0.25, -0.2) is 4.79 Å². The van der Waals surface area contributed by atoms with Crippen molar-refractivity contribution in [2.45, 2.75) is 0 Å². The Bertz CT molecular complexity index is 662. The summed E-state index contributed by atoms with van der Waals surface area (Å²) in [7, 11) is 0. The van der Waals surface area contributed by atoms with Crippen molar-refractivity contribution < 1.29 is 9.90 Å². The molecule has 0 atom stereocenters. The molecule has 6 nitrogen and oxygen atoms in total. The zero-order valence-electron chi connectivity index (χ0n) is 8.93. The van der Waals surface area contributed by atoms with Crippen LogP contribution >= 0.6 is 24.4 Å². The first-order chi connectivity index (χ1) is 8.54. The van der Waals surface area contributed by atoms with Crippen LogP contribution in [0.4, 0.5) is 11.6 Å². The van der Waals surface area contributed by atoms with Crippen molar-refractivity contribution in [1.82, 2.24) is 15.0 Å². The van der Waals surface area contributed by atoms with Gasteiger partial charge in [0.15, 0.2) is 4.77 Å². The van der Waals surface area contributed by atoms with Crippen molar-refractivity contribution in [3.8, 4) is 0 Å². The van der Waals surface area contributed by atoms with Crippen molar-refractivity contribution in [3.05, 3.63) is 39.4 Å². The molecule has 0 aliphatic heterocycles. The molecule has 1 aromatic heterocycles. The average Bonchev–Trinajstić information content (AvgIpc) is 2.28. The SMILES string of the molecule is O=C(O)c1ccc(Nc2nc(=S)[nH]c(=S)[nH]2)cc1. The fourth-order valence-corrected chi connectivity index (χ4v) is 1.74. The number of nitrogens with zero attached hydrogens (tertiary/aromatic N) is 1. The maximum Gasteiger partial charge on any atom is 0.335 e. The van der Waals surface area contributed by atoms with Crippen LogP contribution < -0.4 is 5.32 Å². The van der Waals surface area contributed by atoms with Crippen LogP contribution in [0.25, 0.3) is 0 Å². The van der Waals surface area contributed by atoms with Crippen LogP contribution in [-0.4, -0.2) is 26.0 Å². The van der Waals surface area contributed by atoms with E-state index in [4.69, 9.17) is 29.5 Å². The van der Waals surface area contributed by atoms with Gasteiger partial charge in [-0.1, -0.05) is 0 Å². The summed E-state index contributed by atoms with van der Waals surface area (Å²) < 4.78 is 0.628. The van der Waals surface area contributed by atoms with E-state index in [-0.39, 0.29) is 10.3 Å². The fourth-order valence-electron chi connectivity index (χ4n) is 1.29. The van der Waals surface area contributed by atoms with E-state index < -0.39 is 5.97 Å². The first kappa shape index (κ1) is 12.4. The highest BCUT2D eigenvalue weighted by atomic mass is 32.1. The van der Waals surface area contributed by atoms with E-state index >= 15 is 0 Å². The third-order valence-electron chi connectivity index (χ3n) is 2.06. The number of hydrogen-bond acceptors (Lipinski definition) is 5. The molecule has 0 spiro atoms. The molecule has 18 heavy (non-hydrogen) atoms. The Morgan fingerprint density at radius 3 is 2.44 bits per heavy atom. The van der Waals surface area contributed by atoms with E-state index in [1.165, 1.54) is 12.1 Å². The number of aromatic nitrogens is 3. The first-order valence-electron chi connectivity index (χ1n) is 4.85. The summed E-state index contributed by atoms with van der Waals surface area (Å²) in [6.45, 7) is 0. The lowest BCUT2D eigenvalue weighted by molar-refractivity contribution is 0.0697. The van der Waals surface area contributed by atoms with Gasteiger partial charge < -0.3 is 20.4 Å². The van der Waals surface area contributed by atoms with E-state index in [9.17, 15) is 4.79 Å². The molecule has 0 saturated heterocycles. The minimum Gasteiger partial charge on any atom is -0.478 e. The van der Waals surface area contributed by atoms with Gasteiger partial charge in [-0.3, -0.25) is 0 Å². The molecule has 0 unspecified atom stereocenters. The monoisotopic (exact) mass is 280 g/mol. The molecule has 0 radical (unpaired) electrons. The maximum absolute atomic E-state index is 10.7. The molecule has 0 amide bonds. The smallest absolute Gasteiger partial charge is 0.335 e. The average molecular weight is 280 g/mol. The lowest BCUT2D eigenvalue weighted by atomic mass is 10.2. The summed E-state index contributed by atoms with van der Waals surface area (Å²) >= 11 is 9.81. The van der Waals surface area contributed by atoms with E-state index in [0.717, 1.165) is 0 Å². The summed E-state index contributed by atoms with van der Waals surface area (Å²) in [6, 6.07) is 6.23. The maximum atomic E-state index is 10.7. The molecule has 2 aromatic rings. The highest BCUT2D eigenvalue weighted by Crippen LogP contribution is 2.13. The number of aromatic amines is 2. The van der Waals surface area contributed by atoms with E-state index in [1.807, 2.05) is 0 Å². The van der Waals surface area contributed by atoms with Crippen LogP contribution in [0, 0.1) is 9.54 Å². The Morgan fingerprint density at radius 1 is 1.22 bits per heavy atom. The van der Waals surface area contributed by atoms with Gasteiger partial charge in [0.2, 0.25) is 10.7 Å². The molecule has 2 rings (SSSR count). The molecule has 1 heterocycles. The summed E-state index contributed by atoms with van der Waals surface area (Å²) in [4.78, 5) is 20.1. The van der Waals surface area contributed by atoms with E-state index in [1.54, 1.807) is 12.1 Å². The van der Waals surface area contributed by atoms with E-state index in [0.29, 0.717) is 16.4 Å². The molecule has 1 aromatic carbocycles. The molecule has 0 fully saturated rings. The van der Waals surface area contributed by atoms with Crippen LogP contribution in [0.3, 0.4) is 0 Å². The van der Waals surface area contributed by atoms with Crippen LogP contribution in [0.15, 0.2) is 24.3 Å². The molecule has 0 bridgehead atoms. The normalized spacial score (nSPS) is 10.0. The van der Waals surface area contributed by atoms with Gasteiger partial charge in [0.05, 0.1) is 5.56 Å². The molecular formula is C10H8N4O2S2. The Balaban J connectivity index is 2.26. The summed E-state index contributed by atoms with van der Waals surface area (Å²) in [5, 5.41) is 11.7. The molecular weight excluding hydrogens is 272 g/mol. The summed E-state index contributed by atoms with van der Waals surface area (Å²) in [5.41, 5.74) is 0.894. The van der Waals surface area contributed by atoms with Crippen molar-refractivity contribution in [1.29, 1.82) is 0 Å². The van der Waals surface area contributed by atoms with E-state index in [2.05, 4.69) is 20.3 Å². The standard InChI is InChI=1S/C10H8N4O2S2/c15-7(16)5-1-3-6(4-2-5)11-8-12-9(17)14-10(18)13-8/h1-4H,(H,15,16)(H3,11,12,13,14,17,18). The minimum absolute atomic E-state index is 0.215. The lowest BCUT2D eigenvalue weighted by Gasteiger charge is -2.05. The largest absolute Gasteiger partial charge is 0.478 e. The number of rotatable bonds is 3. The number of anilines is 2. The summed E-state index contributed by atoms with van der Waals surface area (Å²) in [5.74, 6) is -0.576. The third kappa shape index (κ3) is 2.99.